The van der Waals surface area contributed by atoms with Crippen molar-refractivity contribution in [1.29, 1.82) is 0 Å². The molecule has 0 spiro atoms. The van der Waals surface area contributed by atoms with Gasteiger partial charge in [-0.2, -0.15) is 0 Å². The number of amidine groups is 1. The number of carboxylic acids is 1. The van der Waals surface area contributed by atoms with Crippen molar-refractivity contribution in [3.05, 3.63) is 33.8 Å². The van der Waals surface area contributed by atoms with E-state index >= 15 is 0 Å². The summed E-state index contributed by atoms with van der Waals surface area (Å²) in [5.74, 6) is -2.47. The number of aliphatic imine (C=N–C) groups is 1. The third-order valence-electron chi connectivity index (χ3n) is 3.53. The van der Waals surface area contributed by atoms with Crippen LogP contribution < -0.4 is 40.0 Å². The van der Waals surface area contributed by atoms with Crippen LogP contribution in [-0.2, 0) is 15.1 Å². The first-order chi connectivity index (χ1) is 9.43. The molecule has 104 valence electrons. The summed E-state index contributed by atoms with van der Waals surface area (Å²) in [7, 11) is 0. The van der Waals surface area contributed by atoms with E-state index in [2.05, 4.69) is 10.3 Å². The Morgan fingerprint density at radius 2 is 1.86 bits per heavy atom. The van der Waals surface area contributed by atoms with Crippen LogP contribution in [0.5, 0.6) is 0 Å². The SMILES string of the molecule is O=C([O-])C1=NC(c2cc(Cl)cc(Cl)c2)(C2CC2)C(=O)N1.[Na+]. The Morgan fingerprint density at radius 1 is 1.29 bits per heavy atom. The summed E-state index contributed by atoms with van der Waals surface area (Å²) in [5.41, 5.74) is -0.754. The van der Waals surface area contributed by atoms with Crippen LogP contribution in [0.3, 0.4) is 0 Å². The van der Waals surface area contributed by atoms with Gasteiger partial charge >= 0.3 is 29.6 Å². The van der Waals surface area contributed by atoms with Gasteiger partial charge in [0.25, 0.3) is 5.91 Å². The molecule has 2 aliphatic rings. The van der Waals surface area contributed by atoms with E-state index in [0.29, 0.717) is 15.6 Å². The van der Waals surface area contributed by atoms with Gasteiger partial charge in [0.15, 0.2) is 11.4 Å². The van der Waals surface area contributed by atoms with Crippen LogP contribution in [0.2, 0.25) is 10.0 Å². The van der Waals surface area contributed by atoms with E-state index in [1.165, 1.54) is 0 Å². The molecular formula is C13H9Cl2N2NaO3. The summed E-state index contributed by atoms with van der Waals surface area (Å²) in [4.78, 5) is 27.3. The Labute approximate surface area is 153 Å². The molecule has 3 rings (SSSR count). The number of rotatable bonds is 3. The largest absolute Gasteiger partial charge is 1.00 e. The molecule has 1 unspecified atom stereocenters. The van der Waals surface area contributed by atoms with E-state index in [4.69, 9.17) is 23.2 Å². The summed E-state index contributed by atoms with van der Waals surface area (Å²) in [6.07, 6.45) is 1.59. The molecule has 1 aliphatic carbocycles. The molecule has 1 fully saturated rings. The summed E-state index contributed by atoms with van der Waals surface area (Å²) in [6.45, 7) is 0. The fourth-order valence-electron chi connectivity index (χ4n) is 2.54. The predicted molar refractivity (Wildman–Crippen MR) is 71.4 cm³/mol. The summed E-state index contributed by atoms with van der Waals surface area (Å²) in [5, 5.41) is 13.9. The predicted octanol–water partition coefficient (Wildman–Crippen LogP) is -2.12. The standard InChI is InChI=1S/C13H10Cl2N2O3.Na/c14-8-3-7(4-9(15)5-8)13(6-1-2-6)12(20)16-10(17-13)11(18)19;/h3-6H,1-2H2,(H,18,19)(H,16,17,20);/q;+1/p-1. The molecule has 0 radical (unpaired) electrons. The number of amides is 1. The molecule has 1 atom stereocenters. The first kappa shape index (κ1) is 16.8. The van der Waals surface area contributed by atoms with Crippen LogP contribution >= 0.6 is 23.2 Å². The van der Waals surface area contributed by atoms with E-state index in [-0.39, 0.29) is 35.5 Å². The normalized spacial score (nSPS) is 24.1. The Bertz CT molecular complexity index is 641. The van der Waals surface area contributed by atoms with Gasteiger partial charge < -0.3 is 15.2 Å². The summed E-state index contributed by atoms with van der Waals surface area (Å²) in [6, 6.07) is 4.73. The maximum absolute atomic E-state index is 12.3. The van der Waals surface area contributed by atoms with Gasteiger partial charge in [0.1, 0.15) is 5.97 Å². The first-order valence-corrected chi connectivity index (χ1v) is 6.78. The minimum atomic E-state index is -1.51. The second kappa shape index (κ2) is 5.89. The zero-order chi connectivity index (χ0) is 14.5. The number of hydrogen-bond donors (Lipinski definition) is 1. The third-order valence-corrected chi connectivity index (χ3v) is 3.97. The second-order valence-electron chi connectivity index (χ2n) is 4.90. The minimum Gasteiger partial charge on any atom is -0.542 e. The van der Waals surface area contributed by atoms with E-state index in [1.807, 2.05) is 0 Å². The van der Waals surface area contributed by atoms with Gasteiger partial charge in [-0.15, -0.1) is 0 Å². The number of aliphatic carboxylic acids is 1. The maximum Gasteiger partial charge on any atom is 1.00 e. The monoisotopic (exact) mass is 334 g/mol. The van der Waals surface area contributed by atoms with Crippen molar-refractivity contribution in [3.63, 3.8) is 0 Å². The first-order valence-electron chi connectivity index (χ1n) is 6.02. The van der Waals surface area contributed by atoms with Crippen molar-refractivity contribution < 1.29 is 44.3 Å². The molecular weight excluding hydrogens is 326 g/mol. The number of carboxylic acid groups (broad SMARTS) is 1. The summed E-state index contributed by atoms with van der Waals surface area (Å²) >= 11 is 11.9. The van der Waals surface area contributed by atoms with Crippen LogP contribution in [0.4, 0.5) is 0 Å². The average molecular weight is 335 g/mol. The third kappa shape index (κ3) is 2.85. The average Bonchev–Trinajstić information content (AvgIpc) is 3.12. The fraction of sp³-hybridized carbons (Fsp3) is 0.308. The number of benzene rings is 1. The van der Waals surface area contributed by atoms with Crippen LogP contribution in [0.15, 0.2) is 23.2 Å². The van der Waals surface area contributed by atoms with E-state index in [1.54, 1.807) is 18.2 Å². The van der Waals surface area contributed by atoms with Crippen LogP contribution in [0, 0.1) is 5.92 Å². The van der Waals surface area contributed by atoms with Gasteiger partial charge in [0, 0.05) is 10.0 Å². The number of carbonyl (C=O) groups excluding carboxylic acids is 2. The molecule has 1 aromatic rings. The molecule has 5 nitrogen and oxygen atoms in total. The fourth-order valence-corrected chi connectivity index (χ4v) is 3.06. The Hall–Kier alpha value is -0.590. The Morgan fingerprint density at radius 3 is 2.29 bits per heavy atom. The van der Waals surface area contributed by atoms with Gasteiger partial charge in [-0.05, 0) is 42.5 Å². The van der Waals surface area contributed by atoms with Gasteiger partial charge in [0.05, 0.1) is 0 Å². The second-order valence-corrected chi connectivity index (χ2v) is 5.77. The number of carbonyl (C=O) groups is 2. The van der Waals surface area contributed by atoms with E-state index in [9.17, 15) is 14.7 Å². The Balaban J connectivity index is 0.00000161. The van der Waals surface area contributed by atoms with Crippen LogP contribution in [-0.4, -0.2) is 17.7 Å². The van der Waals surface area contributed by atoms with Gasteiger partial charge in [-0.1, -0.05) is 23.2 Å². The quantitative estimate of drug-likeness (QED) is 0.642. The molecule has 1 saturated carbocycles. The number of nitrogens with zero attached hydrogens (tertiary/aromatic N) is 1. The van der Waals surface area contributed by atoms with Crippen molar-refractivity contribution in [2.24, 2.45) is 10.9 Å². The van der Waals surface area contributed by atoms with Crippen LogP contribution in [0.25, 0.3) is 0 Å². The van der Waals surface area contributed by atoms with Crippen molar-refractivity contribution in [3.8, 4) is 0 Å². The van der Waals surface area contributed by atoms with E-state index < -0.39 is 23.3 Å². The number of hydrogen-bond acceptors (Lipinski definition) is 4. The zero-order valence-electron chi connectivity index (χ0n) is 11.2. The van der Waals surface area contributed by atoms with Gasteiger partial charge in [0.2, 0.25) is 0 Å². The molecule has 1 amide bonds. The molecule has 0 aromatic heterocycles. The molecule has 1 aromatic carbocycles. The molecule has 21 heavy (non-hydrogen) atoms. The van der Waals surface area contributed by atoms with Crippen molar-refractivity contribution in [2.45, 2.75) is 18.4 Å². The van der Waals surface area contributed by atoms with Gasteiger partial charge in [-0.25, -0.2) is 4.99 Å². The molecule has 8 heteroatoms. The maximum atomic E-state index is 12.3. The van der Waals surface area contributed by atoms with Crippen LogP contribution in [0.1, 0.15) is 18.4 Å². The van der Waals surface area contributed by atoms with Gasteiger partial charge in [-0.3, -0.25) is 4.79 Å². The Kier molecular flexibility index (Phi) is 4.71. The van der Waals surface area contributed by atoms with Crippen molar-refractivity contribution >= 4 is 40.9 Å². The van der Waals surface area contributed by atoms with Crippen molar-refractivity contribution in [2.75, 3.05) is 0 Å². The zero-order valence-corrected chi connectivity index (χ0v) is 14.7. The van der Waals surface area contributed by atoms with Crippen molar-refractivity contribution in [1.82, 2.24) is 5.32 Å². The number of halogens is 2. The number of nitrogens with one attached hydrogen (secondary N) is 1. The molecule has 0 bridgehead atoms. The topological polar surface area (TPSA) is 81.6 Å². The molecule has 1 heterocycles. The molecule has 0 saturated heterocycles. The summed E-state index contributed by atoms with van der Waals surface area (Å²) < 4.78 is 0. The molecule has 1 aliphatic heterocycles. The minimum absolute atomic E-state index is 0. The molecule has 1 N–H and O–H groups in total. The van der Waals surface area contributed by atoms with E-state index in [0.717, 1.165) is 12.8 Å². The smallest absolute Gasteiger partial charge is 0.542 e.